The van der Waals surface area contributed by atoms with Gasteiger partial charge in [-0.1, -0.05) is 70.5 Å². The molecule has 0 aliphatic rings. The van der Waals surface area contributed by atoms with Crippen molar-refractivity contribution in [3.8, 4) is 11.3 Å². The average Bonchev–Trinajstić information content (AvgIpc) is 3.27. The molecule has 4 aromatic rings. The van der Waals surface area contributed by atoms with Crippen molar-refractivity contribution in [2.75, 3.05) is 7.05 Å². The molecule has 0 unspecified atom stereocenters. The maximum Gasteiger partial charge on any atom is 0.270 e. The van der Waals surface area contributed by atoms with Crippen LogP contribution in [0.25, 0.3) is 11.3 Å². The number of rotatable bonds is 8. The zero-order valence-electron chi connectivity index (χ0n) is 19.0. The van der Waals surface area contributed by atoms with Gasteiger partial charge in [0.2, 0.25) is 5.91 Å². The lowest BCUT2D eigenvalue weighted by Gasteiger charge is -2.18. The van der Waals surface area contributed by atoms with Crippen molar-refractivity contribution in [2.24, 2.45) is 0 Å². The third kappa shape index (κ3) is 6.58. The Balaban J connectivity index is 1.65. The van der Waals surface area contributed by atoms with Gasteiger partial charge in [0.1, 0.15) is 11.7 Å². The van der Waals surface area contributed by atoms with Crippen molar-refractivity contribution in [3.63, 3.8) is 0 Å². The Morgan fingerprint density at radius 3 is 2.43 bits per heavy atom. The molecule has 3 aromatic carbocycles. The van der Waals surface area contributed by atoms with Crippen molar-refractivity contribution in [3.05, 3.63) is 110 Å². The summed E-state index contributed by atoms with van der Waals surface area (Å²) in [6, 6.07) is 26.6. The van der Waals surface area contributed by atoms with E-state index in [1.807, 2.05) is 72.8 Å². The van der Waals surface area contributed by atoms with Crippen LogP contribution in [0, 0.1) is 3.57 Å². The number of nitrogens with one attached hydrogen (secondary N) is 2. The van der Waals surface area contributed by atoms with E-state index in [-0.39, 0.29) is 11.8 Å². The van der Waals surface area contributed by atoms with E-state index in [4.69, 9.17) is 5.10 Å². The number of carbonyl (C=O) groups excluding carboxylic acids is 2. The highest BCUT2D eigenvalue weighted by Crippen LogP contribution is 2.21. The Morgan fingerprint density at radius 2 is 1.71 bits per heavy atom. The smallest absolute Gasteiger partial charge is 0.270 e. The maximum atomic E-state index is 13.5. The minimum absolute atomic E-state index is 0.259. The summed E-state index contributed by atoms with van der Waals surface area (Å²) < 4.78 is 3.72. The largest absolute Gasteiger partial charge is 0.357 e. The van der Waals surface area contributed by atoms with Crippen LogP contribution in [0.3, 0.4) is 0 Å². The zero-order valence-corrected chi connectivity index (χ0v) is 22.8. The lowest BCUT2D eigenvalue weighted by molar-refractivity contribution is -0.122. The molecule has 0 radical (unpaired) electrons. The second kappa shape index (κ2) is 11.6. The predicted octanol–water partition coefficient (Wildman–Crippen LogP) is 5.05. The summed E-state index contributed by atoms with van der Waals surface area (Å²) in [6.45, 7) is 0.433. The first-order chi connectivity index (χ1) is 16.9. The fourth-order valence-corrected chi connectivity index (χ4v) is 4.85. The molecule has 0 aliphatic carbocycles. The van der Waals surface area contributed by atoms with Crippen LogP contribution in [0.2, 0.25) is 0 Å². The Bertz CT molecular complexity index is 1340. The maximum absolute atomic E-state index is 13.5. The SMILES string of the molecule is CNC(=O)[C@H](Cc1cccc(Br)c1)NC(=O)c1cc(-c2ccccc2)nn1Cc1cccc(I)c1. The average molecular weight is 643 g/mol. The molecule has 0 bridgehead atoms. The summed E-state index contributed by atoms with van der Waals surface area (Å²) in [5.74, 6) is -0.612. The van der Waals surface area contributed by atoms with Crippen LogP contribution in [0.1, 0.15) is 21.6 Å². The van der Waals surface area contributed by atoms with Crippen molar-refractivity contribution in [2.45, 2.75) is 19.0 Å². The molecule has 6 nitrogen and oxygen atoms in total. The van der Waals surface area contributed by atoms with E-state index < -0.39 is 6.04 Å². The molecule has 0 fully saturated rings. The van der Waals surface area contributed by atoms with Gasteiger partial charge in [0.15, 0.2) is 0 Å². The van der Waals surface area contributed by atoms with Gasteiger partial charge in [-0.15, -0.1) is 0 Å². The second-order valence-corrected chi connectivity index (χ2v) is 10.2. The number of benzene rings is 3. The first kappa shape index (κ1) is 25.1. The highest BCUT2D eigenvalue weighted by Gasteiger charge is 2.24. The lowest BCUT2D eigenvalue weighted by atomic mass is 10.0. The van der Waals surface area contributed by atoms with E-state index in [1.165, 1.54) is 0 Å². The summed E-state index contributed by atoms with van der Waals surface area (Å²) in [5, 5.41) is 10.3. The van der Waals surface area contributed by atoms with Crippen molar-refractivity contribution in [1.82, 2.24) is 20.4 Å². The zero-order chi connectivity index (χ0) is 24.8. The van der Waals surface area contributed by atoms with Gasteiger partial charge in [-0.05, 0) is 64.0 Å². The van der Waals surface area contributed by atoms with Gasteiger partial charge in [0.25, 0.3) is 5.91 Å². The number of likely N-dealkylation sites (N-methyl/N-ethyl adjacent to an activating group) is 1. The highest BCUT2D eigenvalue weighted by atomic mass is 127. The molecule has 1 atom stereocenters. The van der Waals surface area contributed by atoms with E-state index in [2.05, 4.69) is 55.2 Å². The van der Waals surface area contributed by atoms with Crippen molar-refractivity contribution < 1.29 is 9.59 Å². The Morgan fingerprint density at radius 1 is 0.971 bits per heavy atom. The summed E-state index contributed by atoms with van der Waals surface area (Å²) in [5.41, 5.74) is 3.98. The molecule has 2 N–H and O–H groups in total. The van der Waals surface area contributed by atoms with E-state index in [1.54, 1.807) is 17.8 Å². The van der Waals surface area contributed by atoms with Gasteiger partial charge in [0.05, 0.1) is 12.2 Å². The minimum Gasteiger partial charge on any atom is -0.357 e. The number of carbonyl (C=O) groups is 2. The van der Waals surface area contributed by atoms with Crippen LogP contribution in [0.15, 0.2) is 89.4 Å². The van der Waals surface area contributed by atoms with Gasteiger partial charge in [-0.2, -0.15) is 5.10 Å². The molecule has 1 aromatic heterocycles. The molecule has 0 saturated heterocycles. The fourth-order valence-electron chi connectivity index (χ4n) is 3.79. The fraction of sp³-hybridized carbons (Fsp3) is 0.148. The molecule has 178 valence electrons. The van der Waals surface area contributed by atoms with E-state index in [9.17, 15) is 9.59 Å². The highest BCUT2D eigenvalue weighted by molar-refractivity contribution is 14.1. The van der Waals surface area contributed by atoms with Crippen LogP contribution in [0.4, 0.5) is 0 Å². The Labute approximate surface area is 226 Å². The van der Waals surface area contributed by atoms with Gasteiger partial charge in [-0.3, -0.25) is 14.3 Å². The van der Waals surface area contributed by atoms with Crippen LogP contribution < -0.4 is 10.6 Å². The summed E-state index contributed by atoms with van der Waals surface area (Å²) >= 11 is 5.73. The molecule has 35 heavy (non-hydrogen) atoms. The third-order valence-corrected chi connectivity index (χ3v) is 6.66. The number of amides is 2. The Kier molecular flexibility index (Phi) is 8.35. The summed E-state index contributed by atoms with van der Waals surface area (Å²) in [4.78, 5) is 26.1. The number of hydrogen-bond acceptors (Lipinski definition) is 3. The minimum atomic E-state index is -0.733. The lowest BCUT2D eigenvalue weighted by Crippen LogP contribution is -2.47. The number of nitrogens with zero attached hydrogens (tertiary/aromatic N) is 2. The monoisotopic (exact) mass is 642 g/mol. The molecular weight excluding hydrogens is 619 g/mol. The molecule has 8 heteroatoms. The van der Waals surface area contributed by atoms with E-state index >= 15 is 0 Å². The first-order valence-corrected chi connectivity index (χ1v) is 12.9. The normalized spacial score (nSPS) is 11.6. The van der Waals surface area contributed by atoms with Crippen LogP contribution in [-0.2, 0) is 17.8 Å². The van der Waals surface area contributed by atoms with Gasteiger partial charge >= 0.3 is 0 Å². The van der Waals surface area contributed by atoms with E-state index in [0.29, 0.717) is 24.4 Å². The van der Waals surface area contributed by atoms with Gasteiger partial charge in [-0.25, -0.2) is 0 Å². The molecule has 2 amide bonds. The molecule has 1 heterocycles. The van der Waals surface area contributed by atoms with Crippen molar-refractivity contribution >= 4 is 50.3 Å². The standard InChI is InChI=1S/C27H24BrIN4O2/c1-30-26(34)24(15-18-7-5-11-21(28)13-18)31-27(35)25-16-23(20-9-3-2-4-10-20)32-33(25)17-19-8-6-12-22(29)14-19/h2-14,16,24H,15,17H2,1H3,(H,30,34)(H,31,35)/t24-/m0/s1. The molecule has 0 spiro atoms. The van der Waals surface area contributed by atoms with Crippen LogP contribution >= 0.6 is 38.5 Å². The number of aromatic nitrogens is 2. The van der Waals surface area contributed by atoms with Crippen molar-refractivity contribution in [1.29, 1.82) is 0 Å². The summed E-state index contributed by atoms with van der Waals surface area (Å²) in [6.07, 6.45) is 0.363. The first-order valence-electron chi connectivity index (χ1n) is 11.1. The predicted molar refractivity (Wildman–Crippen MR) is 149 cm³/mol. The number of hydrogen-bond donors (Lipinski definition) is 2. The Hall–Kier alpha value is -2.98. The van der Waals surface area contributed by atoms with Crippen LogP contribution in [-0.4, -0.2) is 34.7 Å². The van der Waals surface area contributed by atoms with Gasteiger partial charge in [0, 0.05) is 27.1 Å². The third-order valence-electron chi connectivity index (χ3n) is 5.50. The molecule has 0 aliphatic heterocycles. The number of halogens is 2. The van der Waals surface area contributed by atoms with Crippen LogP contribution in [0.5, 0.6) is 0 Å². The summed E-state index contributed by atoms with van der Waals surface area (Å²) in [7, 11) is 1.57. The topological polar surface area (TPSA) is 76.0 Å². The molecular formula is C27H24BrIN4O2. The quantitative estimate of drug-likeness (QED) is 0.264. The second-order valence-electron chi connectivity index (χ2n) is 8.04. The molecule has 0 saturated carbocycles. The molecule has 4 rings (SSSR count). The van der Waals surface area contributed by atoms with Gasteiger partial charge < -0.3 is 10.6 Å². The van der Waals surface area contributed by atoms with E-state index in [0.717, 1.165) is 24.7 Å².